The Morgan fingerprint density at radius 3 is 2.86 bits per heavy atom. The predicted octanol–water partition coefficient (Wildman–Crippen LogP) is 3.16. The zero-order chi connectivity index (χ0) is 19.3. The second-order valence-corrected chi connectivity index (χ2v) is 8.25. The molecule has 1 aromatic carbocycles. The van der Waals surface area contributed by atoms with Crippen LogP contribution in [0.3, 0.4) is 0 Å². The fourth-order valence-electron chi connectivity index (χ4n) is 5.17. The van der Waals surface area contributed by atoms with Crippen LogP contribution in [-0.2, 0) is 11.3 Å². The lowest BCUT2D eigenvalue weighted by Crippen LogP contribution is -2.66. The van der Waals surface area contributed by atoms with Crippen molar-refractivity contribution in [3.05, 3.63) is 53.5 Å². The van der Waals surface area contributed by atoms with Crippen LogP contribution in [0.15, 0.2) is 40.8 Å². The van der Waals surface area contributed by atoms with Crippen LogP contribution in [-0.4, -0.2) is 17.5 Å². The standard InChI is InChI=1S/C22H24N2O4/c1-13-6-9-16(27-13)12-23-20(25)18-10-15-8-7-14(18)11-22(15)24-21(26)17-4-2-3-5-19(17)28-22/h2-6,9,14-15,18H,7-8,10-12H2,1H3,(H,23,25)(H,24,26). The highest BCUT2D eigenvalue weighted by molar-refractivity contribution is 5.98. The van der Waals surface area contributed by atoms with Crippen molar-refractivity contribution in [2.24, 2.45) is 17.8 Å². The molecule has 4 aliphatic rings. The van der Waals surface area contributed by atoms with Gasteiger partial charge in [0.1, 0.15) is 17.3 Å². The zero-order valence-corrected chi connectivity index (χ0v) is 15.9. The molecular formula is C22H24N2O4. The smallest absolute Gasteiger partial charge is 0.258 e. The van der Waals surface area contributed by atoms with Crippen molar-refractivity contribution in [2.75, 3.05) is 0 Å². The van der Waals surface area contributed by atoms with Gasteiger partial charge < -0.3 is 19.8 Å². The number of nitrogens with one attached hydrogen (secondary N) is 2. The summed E-state index contributed by atoms with van der Waals surface area (Å²) in [6.45, 7) is 2.30. The van der Waals surface area contributed by atoms with Crippen molar-refractivity contribution in [3.8, 4) is 5.75 Å². The molecule has 6 heteroatoms. The third-order valence-corrected chi connectivity index (χ3v) is 6.54. The Morgan fingerprint density at radius 1 is 1.25 bits per heavy atom. The van der Waals surface area contributed by atoms with Gasteiger partial charge in [0, 0.05) is 18.3 Å². The lowest BCUT2D eigenvalue weighted by Gasteiger charge is -2.55. The fraction of sp³-hybridized carbons (Fsp3) is 0.455. The van der Waals surface area contributed by atoms with Crippen LogP contribution in [0.25, 0.3) is 0 Å². The summed E-state index contributed by atoms with van der Waals surface area (Å²) in [6, 6.07) is 11.2. The van der Waals surface area contributed by atoms with Crippen LogP contribution in [0.1, 0.15) is 47.6 Å². The summed E-state index contributed by atoms with van der Waals surface area (Å²) in [7, 11) is 0. The van der Waals surface area contributed by atoms with Gasteiger partial charge in [-0.25, -0.2) is 0 Å². The lowest BCUT2D eigenvalue weighted by molar-refractivity contribution is -0.146. The topological polar surface area (TPSA) is 80.6 Å². The number of carbonyl (C=O) groups is 2. The SMILES string of the molecule is Cc1ccc(CNC(=O)C2CC3CCC2CC32NC(=O)c3ccccc3O2)o1. The third-order valence-electron chi connectivity index (χ3n) is 6.54. The molecule has 4 unspecified atom stereocenters. The molecule has 4 atom stereocenters. The maximum Gasteiger partial charge on any atom is 0.258 e. The fourth-order valence-corrected chi connectivity index (χ4v) is 5.17. The molecule has 3 fully saturated rings. The Labute approximate surface area is 163 Å². The average molecular weight is 380 g/mol. The van der Waals surface area contributed by atoms with Gasteiger partial charge in [0.05, 0.1) is 12.1 Å². The number of hydrogen-bond acceptors (Lipinski definition) is 4. The van der Waals surface area contributed by atoms with E-state index >= 15 is 0 Å². The summed E-state index contributed by atoms with van der Waals surface area (Å²) in [5.41, 5.74) is -0.0962. The van der Waals surface area contributed by atoms with Crippen LogP contribution >= 0.6 is 0 Å². The Kier molecular flexibility index (Phi) is 3.96. The van der Waals surface area contributed by atoms with E-state index in [1.807, 2.05) is 37.3 Å². The van der Waals surface area contributed by atoms with Crippen molar-refractivity contribution >= 4 is 11.8 Å². The van der Waals surface area contributed by atoms with Gasteiger partial charge in [0.15, 0.2) is 5.72 Å². The van der Waals surface area contributed by atoms with Gasteiger partial charge in [-0.1, -0.05) is 12.1 Å². The van der Waals surface area contributed by atoms with Crippen molar-refractivity contribution in [2.45, 2.75) is 44.9 Å². The molecular weight excluding hydrogens is 356 g/mol. The van der Waals surface area contributed by atoms with E-state index in [1.54, 1.807) is 6.07 Å². The maximum absolute atomic E-state index is 12.8. The molecule has 1 spiro atoms. The number of ether oxygens (including phenoxy) is 1. The van der Waals surface area contributed by atoms with Gasteiger partial charge in [-0.2, -0.15) is 0 Å². The van der Waals surface area contributed by atoms with Gasteiger partial charge >= 0.3 is 0 Å². The first kappa shape index (κ1) is 17.3. The molecule has 1 aromatic heterocycles. The second kappa shape index (κ2) is 6.40. The largest absolute Gasteiger partial charge is 0.467 e. The average Bonchev–Trinajstić information content (AvgIpc) is 3.11. The van der Waals surface area contributed by atoms with E-state index in [4.69, 9.17) is 9.15 Å². The van der Waals surface area contributed by atoms with E-state index in [0.717, 1.165) is 30.8 Å². The Bertz CT molecular complexity index is 936. The minimum atomic E-state index is -0.677. The molecule has 146 valence electrons. The van der Waals surface area contributed by atoms with Crippen molar-refractivity contribution in [3.63, 3.8) is 0 Å². The number of benzene rings is 1. The molecule has 2 bridgehead atoms. The molecule has 2 heterocycles. The number of fused-ring (bicyclic) bond motifs is 3. The van der Waals surface area contributed by atoms with Gasteiger partial charge in [0.25, 0.3) is 5.91 Å². The summed E-state index contributed by atoms with van der Waals surface area (Å²) in [5.74, 6) is 2.54. The number of hydrogen-bond donors (Lipinski definition) is 2. The van der Waals surface area contributed by atoms with E-state index in [9.17, 15) is 9.59 Å². The molecule has 3 aliphatic carbocycles. The highest BCUT2D eigenvalue weighted by Gasteiger charge is 2.57. The lowest BCUT2D eigenvalue weighted by atomic mass is 9.60. The summed E-state index contributed by atoms with van der Waals surface area (Å²) in [5, 5.41) is 6.15. The van der Waals surface area contributed by atoms with E-state index in [0.29, 0.717) is 24.3 Å². The quantitative estimate of drug-likeness (QED) is 0.857. The van der Waals surface area contributed by atoms with Gasteiger partial charge in [0.2, 0.25) is 5.91 Å². The monoisotopic (exact) mass is 380 g/mol. The normalized spacial score (nSPS) is 30.5. The van der Waals surface area contributed by atoms with Crippen molar-refractivity contribution in [1.29, 1.82) is 0 Å². The van der Waals surface area contributed by atoms with E-state index in [2.05, 4.69) is 10.6 Å². The summed E-state index contributed by atoms with van der Waals surface area (Å²) in [4.78, 5) is 25.5. The molecule has 3 saturated carbocycles. The van der Waals surface area contributed by atoms with Crippen molar-refractivity contribution < 1.29 is 18.7 Å². The van der Waals surface area contributed by atoms with Gasteiger partial charge in [-0.3, -0.25) is 9.59 Å². The summed E-state index contributed by atoms with van der Waals surface area (Å²) in [6.07, 6.45) is 3.37. The number of amides is 2. The number of furan rings is 1. The zero-order valence-electron chi connectivity index (χ0n) is 15.9. The molecule has 2 amide bonds. The Hall–Kier alpha value is -2.76. The molecule has 1 aliphatic heterocycles. The number of rotatable bonds is 3. The van der Waals surface area contributed by atoms with Crippen LogP contribution in [0.5, 0.6) is 5.75 Å². The highest BCUT2D eigenvalue weighted by atomic mass is 16.5. The van der Waals surface area contributed by atoms with Gasteiger partial charge in [-0.15, -0.1) is 0 Å². The van der Waals surface area contributed by atoms with E-state index < -0.39 is 5.72 Å². The van der Waals surface area contributed by atoms with Crippen LogP contribution < -0.4 is 15.4 Å². The minimum Gasteiger partial charge on any atom is -0.467 e. The molecule has 2 N–H and O–H groups in total. The molecule has 0 radical (unpaired) electrons. The molecule has 2 aromatic rings. The number of para-hydroxylation sites is 1. The van der Waals surface area contributed by atoms with Crippen LogP contribution in [0, 0.1) is 24.7 Å². The molecule has 28 heavy (non-hydrogen) atoms. The summed E-state index contributed by atoms with van der Waals surface area (Å²) >= 11 is 0. The molecule has 6 nitrogen and oxygen atoms in total. The number of aryl methyl sites for hydroxylation is 1. The Morgan fingerprint density at radius 2 is 2.11 bits per heavy atom. The first-order valence-electron chi connectivity index (χ1n) is 9.98. The Balaban J connectivity index is 1.30. The maximum atomic E-state index is 12.8. The second-order valence-electron chi connectivity index (χ2n) is 8.25. The van der Waals surface area contributed by atoms with E-state index in [1.165, 1.54) is 0 Å². The molecule has 0 saturated heterocycles. The van der Waals surface area contributed by atoms with Gasteiger partial charge in [-0.05, 0) is 56.4 Å². The predicted molar refractivity (Wildman–Crippen MR) is 101 cm³/mol. The minimum absolute atomic E-state index is 0.0434. The highest BCUT2D eigenvalue weighted by Crippen LogP contribution is 2.52. The third kappa shape index (κ3) is 2.79. The number of carbonyl (C=O) groups excluding carboxylic acids is 2. The first-order chi connectivity index (χ1) is 13.5. The van der Waals surface area contributed by atoms with Crippen molar-refractivity contribution in [1.82, 2.24) is 10.6 Å². The van der Waals surface area contributed by atoms with Crippen LogP contribution in [0.4, 0.5) is 0 Å². The first-order valence-corrected chi connectivity index (χ1v) is 9.98. The van der Waals surface area contributed by atoms with Crippen LogP contribution in [0.2, 0.25) is 0 Å². The van der Waals surface area contributed by atoms with E-state index in [-0.39, 0.29) is 29.6 Å². The molecule has 6 rings (SSSR count). The summed E-state index contributed by atoms with van der Waals surface area (Å²) < 4.78 is 11.9.